The number of nitrogens with two attached hydrogens (primary N) is 1. The lowest BCUT2D eigenvalue weighted by atomic mass is 9.85. The molecule has 1 fully saturated rings. The van der Waals surface area contributed by atoms with E-state index in [0.29, 0.717) is 6.07 Å². The molecule has 2 rings (SSSR count). The van der Waals surface area contributed by atoms with Crippen molar-refractivity contribution in [3.63, 3.8) is 0 Å². The van der Waals surface area contributed by atoms with Crippen LogP contribution in [0.15, 0.2) is 18.2 Å². The molecule has 6 heteroatoms. The third kappa shape index (κ3) is 2.13. The first-order chi connectivity index (χ1) is 8.07. The number of hydrogen-bond donors (Lipinski definition) is 2. The summed E-state index contributed by atoms with van der Waals surface area (Å²) in [6.07, 6.45) is 0. The van der Waals surface area contributed by atoms with Gasteiger partial charge in [0.05, 0.1) is 18.9 Å². The topological polar surface area (TPSA) is 64.4 Å². The lowest BCUT2D eigenvalue weighted by Gasteiger charge is -2.38. The molecule has 3 N–H and O–H groups in total. The highest BCUT2D eigenvalue weighted by Gasteiger charge is 2.44. The van der Waals surface area contributed by atoms with Crippen LogP contribution in [0.1, 0.15) is 0 Å². The van der Waals surface area contributed by atoms with E-state index in [0.717, 1.165) is 6.07 Å². The number of hydrogen-bond acceptors (Lipinski definition) is 3. The van der Waals surface area contributed by atoms with Gasteiger partial charge in [-0.05, 0) is 12.1 Å². The monoisotopic (exact) mass is 242 g/mol. The van der Waals surface area contributed by atoms with Gasteiger partial charge in [-0.2, -0.15) is 0 Å². The van der Waals surface area contributed by atoms with Crippen molar-refractivity contribution in [1.82, 2.24) is 0 Å². The van der Waals surface area contributed by atoms with Crippen LogP contribution in [0.25, 0.3) is 0 Å². The van der Waals surface area contributed by atoms with E-state index in [1.807, 2.05) is 0 Å². The molecule has 1 aliphatic rings. The molecule has 0 bridgehead atoms. The molecular weight excluding hydrogens is 230 g/mol. The van der Waals surface area contributed by atoms with E-state index in [4.69, 9.17) is 10.5 Å². The molecule has 92 valence electrons. The van der Waals surface area contributed by atoms with Crippen molar-refractivity contribution < 1.29 is 18.3 Å². The van der Waals surface area contributed by atoms with Gasteiger partial charge in [0.25, 0.3) is 0 Å². The molecule has 17 heavy (non-hydrogen) atoms. The van der Waals surface area contributed by atoms with Crippen LogP contribution in [0.4, 0.5) is 14.5 Å². The van der Waals surface area contributed by atoms with Gasteiger partial charge in [-0.25, -0.2) is 8.78 Å². The van der Waals surface area contributed by atoms with Crippen LogP contribution in [0.5, 0.6) is 0 Å². The van der Waals surface area contributed by atoms with Crippen LogP contribution in [-0.2, 0) is 9.53 Å². The van der Waals surface area contributed by atoms with Crippen LogP contribution >= 0.6 is 0 Å². The fraction of sp³-hybridized carbons (Fsp3) is 0.364. The fourth-order valence-corrected chi connectivity index (χ4v) is 1.54. The van der Waals surface area contributed by atoms with Gasteiger partial charge in [-0.1, -0.05) is 0 Å². The van der Waals surface area contributed by atoms with Gasteiger partial charge in [0.15, 0.2) is 0 Å². The van der Waals surface area contributed by atoms with E-state index in [1.165, 1.54) is 6.07 Å². The van der Waals surface area contributed by atoms with Crippen LogP contribution in [0.2, 0.25) is 0 Å². The van der Waals surface area contributed by atoms with Crippen LogP contribution in [-0.4, -0.2) is 25.7 Å². The number of halogens is 2. The summed E-state index contributed by atoms with van der Waals surface area (Å²) in [7, 11) is 0. The predicted molar refractivity (Wildman–Crippen MR) is 57.3 cm³/mol. The summed E-state index contributed by atoms with van der Waals surface area (Å²) < 4.78 is 30.9. The van der Waals surface area contributed by atoms with Crippen LogP contribution < -0.4 is 11.1 Å². The third-order valence-corrected chi connectivity index (χ3v) is 2.81. The zero-order valence-electron chi connectivity index (χ0n) is 9.00. The summed E-state index contributed by atoms with van der Waals surface area (Å²) in [4.78, 5) is 11.9. The number of benzene rings is 1. The van der Waals surface area contributed by atoms with E-state index in [1.54, 1.807) is 0 Å². The zero-order chi connectivity index (χ0) is 12.5. The van der Waals surface area contributed by atoms with Crippen molar-refractivity contribution in [2.45, 2.75) is 0 Å². The van der Waals surface area contributed by atoms with E-state index in [2.05, 4.69) is 5.32 Å². The highest BCUT2D eigenvalue weighted by molar-refractivity contribution is 5.96. The Morgan fingerprint density at radius 2 is 2.18 bits per heavy atom. The Hall–Kier alpha value is -1.53. The molecule has 0 aromatic heterocycles. The van der Waals surface area contributed by atoms with Gasteiger partial charge in [0.2, 0.25) is 5.91 Å². The number of rotatable bonds is 3. The average molecular weight is 242 g/mol. The van der Waals surface area contributed by atoms with Crippen molar-refractivity contribution in [2.24, 2.45) is 11.1 Å². The normalized spacial score (nSPS) is 17.4. The number of nitrogens with one attached hydrogen (secondary N) is 1. The first kappa shape index (κ1) is 11.9. The first-order valence-corrected chi connectivity index (χ1v) is 5.12. The highest BCUT2D eigenvalue weighted by atomic mass is 19.1. The number of carbonyl (C=O) groups excluding carboxylic acids is 1. The standard InChI is InChI=1S/C11H12F2N2O2/c12-7-1-2-9(8(13)3-7)15-10(16)11(4-14)5-17-6-11/h1-3H,4-6,14H2,(H,15,16). The summed E-state index contributed by atoms with van der Waals surface area (Å²) in [5.74, 6) is -1.91. The Labute approximate surface area is 96.7 Å². The minimum Gasteiger partial charge on any atom is -0.379 e. The molecule has 1 heterocycles. The van der Waals surface area contributed by atoms with Crippen molar-refractivity contribution in [3.05, 3.63) is 29.8 Å². The molecule has 0 spiro atoms. The average Bonchev–Trinajstić information content (AvgIpc) is 2.21. The number of amides is 1. The third-order valence-electron chi connectivity index (χ3n) is 2.81. The summed E-state index contributed by atoms with van der Waals surface area (Å²) in [6, 6.07) is 2.96. The minimum absolute atomic E-state index is 0.0591. The second-order valence-corrected chi connectivity index (χ2v) is 4.06. The highest BCUT2D eigenvalue weighted by Crippen LogP contribution is 2.28. The van der Waals surface area contributed by atoms with Crippen LogP contribution in [0, 0.1) is 17.0 Å². The zero-order valence-corrected chi connectivity index (χ0v) is 9.00. The lowest BCUT2D eigenvalue weighted by molar-refractivity contribution is -0.153. The van der Waals surface area contributed by atoms with Gasteiger partial charge in [0.1, 0.15) is 17.0 Å². The molecule has 0 aliphatic carbocycles. The number of anilines is 1. The number of carbonyl (C=O) groups is 1. The Kier molecular flexibility index (Phi) is 3.08. The molecule has 0 saturated carbocycles. The predicted octanol–water partition coefficient (Wildman–Crippen LogP) is 0.879. The first-order valence-electron chi connectivity index (χ1n) is 5.12. The maximum Gasteiger partial charge on any atom is 0.236 e. The molecule has 0 atom stereocenters. The molecule has 1 saturated heterocycles. The Balaban J connectivity index is 2.13. The van der Waals surface area contributed by atoms with Gasteiger partial charge >= 0.3 is 0 Å². The molecule has 1 aromatic rings. The van der Waals surface area contributed by atoms with E-state index < -0.39 is 23.0 Å². The quantitative estimate of drug-likeness (QED) is 0.827. The summed E-state index contributed by atoms with van der Waals surface area (Å²) in [6.45, 7) is 0.567. The van der Waals surface area contributed by atoms with Crippen molar-refractivity contribution in [2.75, 3.05) is 25.1 Å². The fourth-order valence-electron chi connectivity index (χ4n) is 1.54. The molecule has 0 unspecified atom stereocenters. The molecule has 0 radical (unpaired) electrons. The molecular formula is C11H12F2N2O2. The maximum absolute atomic E-state index is 13.3. The summed E-state index contributed by atoms with van der Waals surface area (Å²) >= 11 is 0. The maximum atomic E-state index is 13.3. The second-order valence-electron chi connectivity index (χ2n) is 4.06. The van der Waals surface area contributed by atoms with Gasteiger partial charge in [-0.15, -0.1) is 0 Å². The minimum atomic E-state index is -0.814. The van der Waals surface area contributed by atoms with Crippen molar-refractivity contribution in [3.8, 4) is 0 Å². The summed E-state index contributed by atoms with van der Waals surface area (Å²) in [5.41, 5.74) is 4.64. The van der Waals surface area contributed by atoms with Crippen LogP contribution in [0.3, 0.4) is 0 Å². The molecule has 4 nitrogen and oxygen atoms in total. The molecule has 1 amide bonds. The van der Waals surface area contributed by atoms with Crippen molar-refractivity contribution >= 4 is 11.6 Å². The van der Waals surface area contributed by atoms with Gasteiger partial charge in [0, 0.05) is 12.6 Å². The Morgan fingerprint density at radius 1 is 1.47 bits per heavy atom. The molecule has 1 aliphatic heterocycles. The van der Waals surface area contributed by atoms with E-state index in [9.17, 15) is 13.6 Å². The summed E-state index contributed by atoms with van der Waals surface area (Å²) in [5, 5.41) is 2.39. The van der Waals surface area contributed by atoms with E-state index in [-0.39, 0.29) is 25.4 Å². The van der Waals surface area contributed by atoms with E-state index >= 15 is 0 Å². The number of ether oxygens (including phenoxy) is 1. The SMILES string of the molecule is NCC1(C(=O)Nc2ccc(F)cc2F)COC1. The Morgan fingerprint density at radius 3 is 2.65 bits per heavy atom. The van der Waals surface area contributed by atoms with Gasteiger partial charge < -0.3 is 15.8 Å². The largest absolute Gasteiger partial charge is 0.379 e. The molecule has 1 aromatic carbocycles. The smallest absolute Gasteiger partial charge is 0.236 e. The lowest BCUT2D eigenvalue weighted by Crippen LogP contribution is -2.56. The van der Waals surface area contributed by atoms with Crippen molar-refractivity contribution in [1.29, 1.82) is 0 Å². The Bertz CT molecular complexity index is 442. The van der Waals surface area contributed by atoms with Gasteiger partial charge in [-0.3, -0.25) is 4.79 Å². The second kappa shape index (κ2) is 4.38.